The highest BCUT2D eigenvalue weighted by Gasteiger charge is 2.27. The van der Waals surface area contributed by atoms with Crippen LogP contribution in [0.15, 0.2) is 42.5 Å². The van der Waals surface area contributed by atoms with Crippen molar-refractivity contribution in [1.82, 2.24) is 14.9 Å². The largest absolute Gasteiger partial charge is 0.494 e. The number of rotatable bonds is 4. The molecule has 0 aliphatic carbocycles. The van der Waals surface area contributed by atoms with Gasteiger partial charge in [0.15, 0.2) is 11.6 Å². The van der Waals surface area contributed by atoms with E-state index in [1.807, 2.05) is 12.1 Å². The van der Waals surface area contributed by atoms with Gasteiger partial charge in [0.1, 0.15) is 0 Å². The fraction of sp³-hybridized carbons (Fsp3) is 0.280. The van der Waals surface area contributed by atoms with Gasteiger partial charge in [0, 0.05) is 29.3 Å². The molecule has 0 radical (unpaired) electrons. The van der Waals surface area contributed by atoms with E-state index in [9.17, 15) is 9.18 Å². The van der Waals surface area contributed by atoms with Gasteiger partial charge < -0.3 is 19.4 Å². The Bertz CT molecular complexity index is 1330. The maximum atomic E-state index is 13.9. The zero-order chi connectivity index (χ0) is 22.2. The molecule has 1 N–H and O–H groups in total. The Morgan fingerprint density at radius 1 is 1.25 bits per heavy atom. The monoisotopic (exact) mass is 433 g/mol. The summed E-state index contributed by atoms with van der Waals surface area (Å²) in [6.45, 7) is 3.15. The van der Waals surface area contributed by atoms with E-state index >= 15 is 0 Å². The van der Waals surface area contributed by atoms with Crippen LogP contribution in [0.3, 0.4) is 0 Å². The molecule has 4 aromatic rings. The number of carbonyl (C=O) groups is 1. The minimum absolute atomic E-state index is 0.210. The minimum atomic E-state index is -0.393. The molecule has 164 valence electrons. The fourth-order valence-electron chi connectivity index (χ4n) is 4.52. The lowest BCUT2D eigenvalue weighted by Crippen LogP contribution is -2.37. The summed E-state index contributed by atoms with van der Waals surface area (Å²) in [7, 11) is 1.46. The van der Waals surface area contributed by atoms with Gasteiger partial charge in [-0.2, -0.15) is 0 Å². The van der Waals surface area contributed by atoms with Crippen LogP contribution in [0.1, 0.15) is 29.4 Å². The Balaban J connectivity index is 1.65. The quantitative estimate of drug-likeness (QED) is 0.494. The standard InChI is InChI=1S/C25H24FN3O3/c1-3-32-25(30)29-11-10-17-21(14-29)27-20(12-15-8-9-18(26)22(13-15)31-2)24-23(17)16-6-4-5-7-19(16)28-24/h4-9,13,28H,3,10-12,14H2,1-2H3. The van der Waals surface area contributed by atoms with Crippen molar-refractivity contribution in [1.29, 1.82) is 0 Å². The highest BCUT2D eigenvalue weighted by molar-refractivity contribution is 6.10. The lowest BCUT2D eigenvalue weighted by molar-refractivity contribution is 0.102. The Labute approximate surface area is 185 Å². The van der Waals surface area contributed by atoms with Gasteiger partial charge in [0.05, 0.1) is 37.2 Å². The maximum absolute atomic E-state index is 13.9. The lowest BCUT2D eigenvalue weighted by Gasteiger charge is -2.28. The second kappa shape index (κ2) is 8.15. The molecule has 0 saturated carbocycles. The predicted molar refractivity (Wildman–Crippen MR) is 120 cm³/mol. The SMILES string of the molecule is CCOC(=O)N1CCc2c(nc(Cc3ccc(F)c(OC)c3)c3[nH]c4ccccc4c23)C1. The number of pyridine rings is 1. The van der Waals surface area contributed by atoms with Crippen LogP contribution in [0.5, 0.6) is 5.75 Å². The summed E-state index contributed by atoms with van der Waals surface area (Å²) in [6, 6.07) is 13.1. The van der Waals surface area contributed by atoms with E-state index in [-0.39, 0.29) is 11.8 Å². The number of hydrogen-bond donors (Lipinski definition) is 1. The maximum Gasteiger partial charge on any atom is 0.410 e. The first kappa shape index (κ1) is 20.3. The number of nitrogens with one attached hydrogen (secondary N) is 1. The van der Waals surface area contributed by atoms with E-state index in [4.69, 9.17) is 14.5 Å². The molecule has 6 nitrogen and oxygen atoms in total. The van der Waals surface area contributed by atoms with Gasteiger partial charge in [-0.15, -0.1) is 0 Å². The average Bonchev–Trinajstić information content (AvgIpc) is 3.20. The molecular weight excluding hydrogens is 409 g/mol. The summed E-state index contributed by atoms with van der Waals surface area (Å²) in [5, 5.41) is 2.29. The molecule has 2 aromatic heterocycles. The first-order valence-corrected chi connectivity index (χ1v) is 10.7. The summed E-state index contributed by atoms with van der Waals surface area (Å²) < 4.78 is 24.3. The molecule has 1 aliphatic heterocycles. The number of H-pyrrole nitrogens is 1. The van der Waals surface area contributed by atoms with Crippen molar-refractivity contribution in [2.24, 2.45) is 0 Å². The number of carbonyl (C=O) groups excluding carboxylic acids is 1. The second-order valence-corrected chi connectivity index (χ2v) is 7.92. The lowest BCUT2D eigenvalue weighted by atomic mass is 9.96. The Hall–Kier alpha value is -3.61. The van der Waals surface area contributed by atoms with Crippen LogP contribution < -0.4 is 4.74 Å². The summed E-state index contributed by atoms with van der Waals surface area (Å²) in [5.41, 5.74) is 5.83. The van der Waals surface area contributed by atoms with E-state index < -0.39 is 5.82 Å². The van der Waals surface area contributed by atoms with Crippen LogP contribution in [-0.2, 0) is 24.1 Å². The highest BCUT2D eigenvalue weighted by Crippen LogP contribution is 2.35. The van der Waals surface area contributed by atoms with Crippen molar-refractivity contribution >= 4 is 27.9 Å². The van der Waals surface area contributed by atoms with Crippen LogP contribution in [0.25, 0.3) is 21.8 Å². The van der Waals surface area contributed by atoms with Gasteiger partial charge in [-0.1, -0.05) is 24.3 Å². The topological polar surface area (TPSA) is 67.4 Å². The molecule has 0 atom stereocenters. The first-order chi connectivity index (χ1) is 15.6. The fourth-order valence-corrected chi connectivity index (χ4v) is 4.52. The molecular formula is C25H24FN3O3. The van der Waals surface area contributed by atoms with Crippen molar-refractivity contribution in [3.8, 4) is 5.75 Å². The molecule has 7 heteroatoms. The average molecular weight is 433 g/mol. The number of aromatic amines is 1. The van der Waals surface area contributed by atoms with Crippen LogP contribution in [0, 0.1) is 5.82 Å². The third-order valence-corrected chi connectivity index (χ3v) is 6.00. The number of ether oxygens (including phenoxy) is 2. The normalized spacial score (nSPS) is 13.4. The molecule has 0 saturated heterocycles. The highest BCUT2D eigenvalue weighted by atomic mass is 19.1. The third-order valence-electron chi connectivity index (χ3n) is 6.00. The summed E-state index contributed by atoms with van der Waals surface area (Å²) >= 11 is 0. The van der Waals surface area contributed by atoms with Gasteiger partial charge in [0.2, 0.25) is 0 Å². The predicted octanol–water partition coefficient (Wildman–Crippen LogP) is 4.97. The van der Waals surface area contributed by atoms with E-state index in [0.29, 0.717) is 32.5 Å². The van der Waals surface area contributed by atoms with Gasteiger partial charge in [-0.3, -0.25) is 4.98 Å². The number of hydrogen-bond acceptors (Lipinski definition) is 4. The third kappa shape index (κ3) is 3.43. The van der Waals surface area contributed by atoms with Crippen molar-refractivity contribution in [2.45, 2.75) is 26.3 Å². The van der Waals surface area contributed by atoms with Gasteiger partial charge in [0.25, 0.3) is 0 Å². The Morgan fingerprint density at radius 2 is 2.09 bits per heavy atom. The summed E-state index contributed by atoms with van der Waals surface area (Å²) in [6.07, 6.45) is 0.903. The van der Waals surface area contributed by atoms with Crippen LogP contribution in [0.2, 0.25) is 0 Å². The van der Waals surface area contributed by atoms with Gasteiger partial charge in [-0.05, 0) is 42.7 Å². The molecule has 0 unspecified atom stereocenters. The number of amides is 1. The minimum Gasteiger partial charge on any atom is -0.494 e. The smallest absolute Gasteiger partial charge is 0.410 e. The number of nitrogens with zero attached hydrogens (tertiary/aromatic N) is 2. The number of halogens is 1. The van der Waals surface area contributed by atoms with Crippen molar-refractivity contribution in [3.63, 3.8) is 0 Å². The molecule has 0 bridgehead atoms. The second-order valence-electron chi connectivity index (χ2n) is 7.92. The van der Waals surface area contributed by atoms with Crippen molar-refractivity contribution in [3.05, 3.63) is 70.8 Å². The molecule has 1 aliphatic rings. The van der Waals surface area contributed by atoms with Crippen LogP contribution in [-0.4, -0.2) is 41.2 Å². The number of para-hydroxylation sites is 1. The summed E-state index contributed by atoms with van der Waals surface area (Å²) in [4.78, 5) is 22.6. The zero-order valence-electron chi connectivity index (χ0n) is 18.1. The number of benzene rings is 2. The van der Waals surface area contributed by atoms with Crippen LogP contribution in [0.4, 0.5) is 9.18 Å². The van der Waals surface area contributed by atoms with E-state index in [0.717, 1.165) is 38.8 Å². The first-order valence-electron chi connectivity index (χ1n) is 10.7. The summed E-state index contributed by atoms with van der Waals surface area (Å²) in [5.74, 6) is -0.183. The molecule has 5 rings (SSSR count). The zero-order valence-corrected chi connectivity index (χ0v) is 18.1. The van der Waals surface area contributed by atoms with Crippen molar-refractivity contribution < 1.29 is 18.7 Å². The molecule has 1 amide bonds. The van der Waals surface area contributed by atoms with E-state index in [1.165, 1.54) is 18.7 Å². The molecule has 2 aromatic carbocycles. The molecule has 32 heavy (non-hydrogen) atoms. The van der Waals surface area contributed by atoms with E-state index in [2.05, 4.69) is 17.1 Å². The molecule has 0 spiro atoms. The van der Waals surface area contributed by atoms with Crippen molar-refractivity contribution in [2.75, 3.05) is 20.3 Å². The van der Waals surface area contributed by atoms with Gasteiger partial charge >= 0.3 is 6.09 Å². The molecule has 3 heterocycles. The molecule has 0 fully saturated rings. The Morgan fingerprint density at radius 3 is 2.91 bits per heavy atom. The number of methoxy groups -OCH3 is 1. The van der Waals surface area contributed by atoms with Crippen LogP contribution >= 0.6 is 0 Å². The van der Waals surface area contributed by atoms with Gasteiger partial charge in [-0.25, -0.2) is 9.18 Å². The Kier molecular flexibility index (Phi) is 5.17. The number of fused-ring (bicyclic) bond motifs is 5. The number of aromatic nitrogens is 2. The van der Waals surface area contributed by atoms with E-state index in [1.54, 1.807) is 24.0 Å².